The number of hydrogen-bond acceptors (Lipinski definition) is 11. The van der Waals surface area contributed by atoms with Crippen LogP contribution in [-0.4, -0.2) is 152 Å². The van der Waals surface area contributed by atoms with Crippen LogP contribution >= 0.6 is 0 Å². The summed E-state index contributed by atoms with van der Waals surface area (Å²) in [5.74, 6) is -1.23. The first-order chi connectivity index (χ1) is 26.6. The van der Waals surface area contributed by atoms with E-state index in [1.807, 2.05) is 12.4 Å². The van der Waals surface area contributed by atoms with Gasteiger partial charge >= 0.3 is 11.9 Å². The number of piperidine rings is 2. The largest absolute Gasteiger partial charge is 0.478 e. The molecule has 0 radical (unpaired) electrons. The monoisotopic (exact) mass is 752 g/mol. The smallest absolute Gasteiger partial charge is 0.338 e. The highest BCUT2D eigenvalue weighted by molar-refractivity contribution is 5.91. The molecular formula is C41H56N10O4. The Morgan fingerprint density at radius 1 is 0.655 bits per heavy atom. The highest BCUT2D eigenvalue weighted by Crippen LogP contribution is 2.30. The number of aromatic carboxylic acids is 1. The predicted molar refractivity (Wildman–Crippen MR) is 209 cm³/mol. The lowest BCUT2D eigenvalue weighted by atomic mass is 9.99. The molecule has 4 saturated heterocycles. The highest BCUT2D eigenvalue weighted by atomic mass is 16.5. The molecule has 14 heteroatoms. The van der Waals surface area contributed by atoms with Gasteiger partial charge in [-0.25, -0.2) is 9.59 Å². The standard InChI is InChI=1S/C21H29N5O2.C20H27N5O2/c1-15-16(10-17-11-22-7-4-20(17)21(27)28-3)12-23-26(15)18-5-8-25(9-6-18)19-13-24(2)14-19;1-14-15(9-16-10-21-6-3-19(16)20(26)27)11-22-25(14)17-4-7-24(8-5-17)18-12-23(2)13-18/h4,7,11-12,18-19H,5-6,8-10,13-14H2,1-3H3;3,6,10-11,17-18H,4-5,7-9,12-13H2,1-2H3,(H,26,27). The van der Waals surface area contributed by atoms with E-state index in [0.29, 0.717) is 36.1 Å². The number of carboxylic acid groups (broad SMARTS) is 1. The second-order valence-corrected chi connectivity index (χ2v) is 15.9. The van der Waals surface area contributed by atoms with Crippen molar-refractivity contribution in [3.63, 3.8) is 0 Å². The average molecular weight is 753 g/mol. The van der Waals surface area contributed by atoms with Crippen LogP contribution in [0.1, 0.15) is 92.1 Å². The maximum Gasteiger partial charge on any atom is 0.338 e. The number of rotatable bonds is 10. The molecule has 0 saturated carbocycles. The van der Waals surface area contributed by atoms with Crippen molar-refractivity contribution in [1.82, 2.24) is 49.1 Å². The van der Waals surface area contributed by atoms with Gasteiger partial charge in [-0.15, -0.1) is 0 Å². The van der Waals surface area contributed by atoms with Crippen molar-refractivity contribution in [2.24, 2.45) is 0 Å². The summed E-state index contributed by atoms with van der Waals surface area (Å²) in [5.41, 5.74) is 7.03. The number of methoxy groups -OCH3 is 1. The zero-order chi connectivity index (χ0) is 38.6. The van der Waals surface area contributed by atoms with E-state index in [2.05, 4.69) is 72.0 Å². The maximum atomic E-state index is 12.0. The molecule has 0 spiro atoms. The number of hydrogen-bond donors (Lipinski definition) is 1. The zero-order valence-electron chi connectivity index (χ0n) is 33.0. The van der Waals surface area contributed by atoms with E-state index in [0.717, 1.165) is 91.9 Å². The summed E-state index contributed by atoms with van der Waals surface area (Å²) in [7, 11) is 5.77. The lowest BCUT2D eigenvalue weighted by Crippen LogP contribution is -2.59. The van der Waals surface area contributed by atoms with Gasteiger partial charge in [0.1, 0.15) is 0 Å². The Bertz CT molecular complexity index is 1930. The van der Waals surface area contributed by atoms with Crippen LogP contribution in [0.3, 0.4) is 0 Å². The molecule has 8 rings (SSSR count). The molecule has 55 heavy (non-hydrogen) atoms. The molecule has 4 aliphatic heterocycles. The first-order valence-electron chi connectivity index (χ1n) is 19.7. The lowest BCUT2D eigenvalue weighted by Gasteiger charge is -2.46. The Labute approximate surface area is 324 Å². The molecule has 0 bridgehead atoms. The first kappa shape index (κ1) is 38.8. The summed E-state index contributed by atoms with van der Waals surface area (Å²) in [5, 5.41) is 18.7. The van der Waals surface area contributed by atoms with Crippen LogP contribution < -0.4 is 0 Å². The Morgan fingerprint density at radius 3 is 1.47 bits per heavy atom. The van der Waals surface area contributed by atoms with Crippen LogP contribution in [0.25, 0.3) is 0 Å². The normalized spacial score (nSPS) is 19.7. The van der Waals surface area contributed by atoms with E-state index in [9.17, 15) is 14.7 Å². The fourth-order valence-electron chi connectivity index (χ4n) is 8.85. The van der Waals surface area contributed by atoms with Gasteiger partial charge in [-0.1, -0.05) is 0 Å². The number of likely N-dealkylation sites (tertiary alicyclic amines) is 4. The molecule has 4 aromatic heterocycles. The van der Waals surface area contributed by atoms with Gasteiger partial charge in [0.05, 0.1) is 42.7 Å². The van der Waals surface area contributed by atoms with Gasteiger partial charge in [0.15, 0.2) is 0 Å². The summed E-state index contributed by atoms with van der Waals surface area (Å²) >= 11 is 0. The average Bonchev–Trinajstić information content (AvgIpc) is 3.73. The Kier molecular flexibility index (Phi) is 12.1. The molecule has 0 aromatic carbocycles. The van der Waals surface area contributed by atoms with Gasteiger partial charge in [0.25, 0.3) is 0 Å². The van der Waals surface area contributed by atoms with Crippen molar-refractivity contribution in [3.05, 3.63) is 94.1 Å². The van der Waals surface area contributed by atoms with Gasteiger partial charge in [0, 0.05) is 113 Å². The molecule has 0 aliphatic carbocycles. The fraction of sp³-hybridized carbons (Fsp3) is 0.561. The van der Waals surface area contributed by atoms with Crippen LogP contribution in [0, 0.1) is 13.8 Å². The van der Waals surface area contributed by atoms with Crippen molar-refractivity contribution >= 4 is 11.9 Å². The molecule has 4 aromatic rings. The fourth-order valence-corrected chi connectivity index (χ4v) is 8.85. The van der Waals surface area contributed by atoms with Gasteiger partial charge in [0.2, 0.25) is 0 Å². The van der Waals surface area contributed by atoms with Crippen molar-refractivity contribution in [2.75, 3.05) is 73.6 Å². The van der Waals surface area contributed by atoms with E-state index in [-0.39, 0.29) is 5.97 Å². The summed E-state index contributed by atoms with van der Waals surface area (Å²) in [6, 6.07) is 5.63. The molecule has 8 heterocycles. The van der Waals surface area contributed by atoms with Gasteiger partial charge in [-0.2, -0.15) is 10.2 Å². The molecule has 1 N–H and O–H groups in total. The van der Waals surface area contributed by atoms with Crippen LogP contribution in [0.5, 0.6) is 0 Å². The third-order valence-electron chi connectivity index (χ3n) is 12.3. The van der Waals surface area contributed by atoms with E-state index in [1.54, 1.807) is 30.7 Å². The van der Waals surface area contributed by atoms with Crippen LogP contribution in [-0.2, 0) is 17.6 Å². The second kappa shape index (κ2) is 17.1. The minimum atomic E-state index is -0.911. The molecule has 4 fully saturated rings. The first-order valence-corrected chi connectivity index (χ1v) is 19.7. The summed E-state index contributed by atoms with van der Waals surface area (Å²) < 4.78 is 9.24. The number of pyridine rings is 2. The Morgan fingerprint density at radius 2 is 1.07 bits per heavy atom. The topological polar surface area (TPSA) is 138 Å². The van der Waals surface area contributed by atoms with Gasteiger partial charge in [-0.3, -0.25) is 29.1 Å². The third-order valence-corrected chi connectivity index (χ3v) is 12.3. The third kappa shape index (κ3) is 8.67. The quantitative estimate of drug-likeness (QED) is 0.236. The maximum absolute atomic E-state index is 12.0. The minimum Gasteiger partial charge on any atom is -0.478 e. The minimum absolute atomic E-state index is 0.316. The van der Waals surface area contributed by atoms with Crippen molar-refractivity contribution in [2.45, 2.75) is 76.5 Å². The number of carboxylic acids is 1. The molecule has 0 atom stereocenters. The SMILES string of the molecule is COC(=O)c1ccncc1Cc1cnn(C2CCN(C3CN(C)C3)CC2)c1C.Cc1c(Cc2cnccc2C(=O)O)cnn1C1CCN(C2CN(C)C2)CC1. The number of carbonyl (C=O) groups is 2. The number of esters is 1. The molecular weight excluding hydrogens is 697 g/mol. The Balaban J connectivity index is 0.000000169. The number of carbonyl (C=O) groups excluding carboxylic acids is 1. The highest BCUT2D eigenvalue weighted by Gasteiger charge is 2.34. The lowest BCUT2D eigenvalue weighted by molar-refractivity contribution is 0.0293. The molecule has 14 nitrogen and oxygen atoms in total. The molecule has 4 aliphatic rings. The number of likely N-dealkylation sites (N-methyl/N-ethyl adjacent to an activating group) is 2. The zero-order valence-corrected chi connectivity index (χ0v) is 33.0. The van der Waals surface area contributed by atoms with Crippen LogP contribution in [0.4, 0.5) is 0 Å². The summed E-state index contributed by atoms with van der Waals surface area (Å²) in [6.07, 6.45) is 16.1. The summed E-state index contributed by atoms with van der Waals surface area (Å²) in [6.45, 7) is 13.5. The van der Waals surface area contributed by atoms with Crippen molar-refractivity contribution in [3.8, 4) is 0 Å². The van der Waals surface area contributed by atoms with Crippen molar-refractivity contribution < 1.29 is 19.4 Å². The molecule has 294 valence electrons. The number of aromatic nitrogens is 6. The van der Waals surface area contributed by atoms with E-state index < -0.39 is 5.97 Å². The van der Waals surface area contributed by atoms with Gasteiger partial charge in [-0.05, 0) is 88.0 Å². The van der Waals surface area contributed by atoms with E-state index >= 15 is 0 Å². The van der Waals surface area contributed by atoms with Gasteiger partial charge < -0.3 is 19.6 Å². The number of ether oxygens (including phenoxy) is 1. The molecule has 0 unspecified atom stereocenters. The number of nitrogens with zero attached hydrogens (tertiary/aromatic N) is 10. The van der Waals surface area contributed by atoms with E-state index in [4.69, 9.17) is 9.84 Å². The van der Waals surface area contributed by atoms with Crippen LogP contribution in [0.15, 0.2) is 49.3 Å². The summed E-state index contributed by atoms with van der Waals surface area (Å²) in [4.78, 5) is 41.7. The molecule has 0 amide bonds. The Hall–Kier alpha value is -4.50. The van der Waals surface area contributed by atoms with E-state index in [1.165, 1.54) is 45.2 Å². The van der Waals surface area contributed by atoms with Crippen molar-refractivity contribution in [1.29, 1.82) is 0 Å². The second-order valence-electron chi connectivity index (χ2n) is 15.9. The van der Waals surface area contributed by atoms with Crippen LogP contribution in [0.2, 0.25) is 0 Å². The predicted octanol–water partition coefficient (Wildman–Crippen LogP) is 3.74.